The van der Waals surface area contributed by atoms with Gasteiger partial charge in [0.05, 0.1) is 5.69 Å². The van der Waals surface area contributed by atoms with E-state index in [0.29, 0.717) is 17.8 Å². The highest BCUT2D eigenvalue weighted by atomic mass is 16.1. The first-order chi connectivity index (χ1) is 7.40. The fraction of sp³-hybridized carbons (Fsp3) is 0. The third-order valence-electron chi connectivity index (χ3n) is 1.75. The van der Waals surface area contributed by atoms with E-state index in [0.717, 1.165) is 0 Å². The monoisotopic (exact) mass is 200 g/mol. The molecule has 0 bridgehead atoms. The Balaban J connectivity index is 2.34. The molecule has 0 atom stereocenters. The summed E-state index contributed by atoms with van der Waals surface area (Å²) in [6.07, 6.45) is 6.75. The van der Waals surface area contributed by atoms with Crippen molar-refractivity contribution in [1.82, 2.24) is 19.7 Å². The molecule has 0 N–H and O–H groups in total. The van der Waals surface area contributed by atoms with Crippen LogP contribution in [0, 0.1) is 0 Å². The second-order valence-corrected chi connectivity index (χ2v) is 2.76. The Morgan fingerprint density at radius 2 is 2.27 bits per heavy atom. The van der Waals surface area contributed by atoms with E-state index in [9.17, 15) is 4.79 Å². The Morgan fingerprint density at radius 3 is 3.00 bits per heavy atom. The van der Waals surface area contributed by atoms with Crippen molar-refractivity contribution in [2.75, 3.05) is 0 Å². The van der Waals surface area contributed by atoms with Crippen molar-refractivity contribution in [1.29, 1.82) is 0 Å². The fourth-order valence-electron chi connectivity index (χ4n) is 1.12. The van der Waals surface area contributed by atoms with Crippen LogP contribution in [-0.4, -0.2) is 26.0 Å². The lowest BCUT2D eigenvalue weighted by Crippen LogP contribution is -1.98. The molecule has 5 nitrogen and oxygen atoms in total. The third-order valence-corrected chi connectivity index (χ3v) is 1.75. The summed E-state index contributed by atoms with van der Waals surface area (Å²) in [7, 11) is 0. The molecule has 0 amide bonds. The van der Waals surface area contributed by atoms with Crippen LogP contribution in [-0.2, 0) is 4.79 Å². The van der Waals surface area contributed by atoms with Crippen molar-refractivity contribution >= 4 is 12.4 Å². The molecule has 2 rings (SSSR count). The van der Waals surface area contributed by atoms with Crippen LogP contribution < -0.4 is 0 Å². The number of rotatable bonds is 3. The summed E-state index contributed by atoms with van der Waals surface area (Å²) in [5, 5.41) is 3.96. The summed E-state index contributed by atoms with van der Waals surface area (Å²) in [6, 6.07) is 5.46. The fourth-order valence-corrected chi connectivity index (χ4v) is 1.12. The summed E-state index contributed by atoms with van der Waals surface area (Å²) in [5.74, 6) is 0.667. The topological polar surface area (TPSA) is 60.7 Å². The van der Waals surface area contributed by atoms with E-state index in [1.54, 1.807) is 23.2 Å². The van der Waals surface area contributed by atoms with E-state index in [1.165, 1.54) is 12.4 Å². The molecular formula is C10H8N4O. The lowest BCUT2D eigenvalue weighted by atomic mass is 10.3. The van der Waals surface area contributed by atoms with Crippen LogP contribution in [0.1, 0.15) is 5.69 Å². The number of aromatic nitrogens is 4. The van der Waals surface area contributed by atoms with E-state index >= 15 is 0 Å². The second kappa shape index (κ2) is 4.28. The number of aldehydes is 1. The van der Waals surface area contributed by atoms with Crippen molar-refractivity contribution in [3.8, 4) is 5.82 Å². The van der Waals surface area contributed by atoms with Gasteiger partial charge in [0.1, 0.15) is 18.9 Å². The maximum atomic E-state index is 10.1. The van der Waals surface area contributed by atoms with Gasteiger partial charge in [-0.15, -0.1) is 0 Å². The molecule has 0 aliphatic rings. The SMILES string of the molecule is O=CC=Cc1cccc(-n2cncn2)n1. The molecule has 0 aliphatic carbocycles. The Bertz CT molecular complexity index is 476. The first kappa shape index (κ1) is 9.26. The molecule has 2 aromatic rings. The number of hydrogen-bond acceptors (Lipinski definition) is 4. The van der Waals surface area contributed by atoms with E-state index in [1.807, 2.05) is 12.1 Å². The zero-order valence-electron chi connectivity index (χ0n) is 7.82. The average Bonchev–Trinajstić information content (AvgIpc) is 2.80. The molecule has 0 spiro atoms. The lowest BCUT2D eigenvalue weighted by Gasteiger charge is -1.99. The summed E-state index contributed by atoms with van der Waals surface area (Å²) in [6.45, 7) is 0. The van der Waals surface area contributed by atoms with Crippen molar-refractivity contribution in [3.05, 3.63) is 42.6 Å². The molecule has 0 saturated carbocycles. The standard InChI is InChI=1S/C10H8N4O/c15-6-2-4-9-3-1-5-10(13-9)14-8-11-7-12-14/h1-8H. The molecule has 2 aromatic heterocycles. The molecule has 15 heavy (non-hydrogen) atoms. The van der Waals surface area contributed by atoms with E-state index in [-0.39, 0.29) is 0 Å². The van der Waals surface area contributed by atoms with Gasteiger partial charge in [0.25, 0.3) is 0 Å². The molecule has 74 valence electrons. The largest absolute Gasteiger partial charge is 0.299 e. The van der Waals surface area contributed by atoms with Crippen LogP contribution in [0.4, 0.5) is 0 Å². The number of hydrogen-bond donors (Lipinski definition) is 0. The smallest absolute Gasteiger partial charge is 0.155 e. The summed E-state index contributed by atoms with van der Waals surface area (Å²) in [5.41, 5.74) is 0.704. The molecule has 0 radical (unpaired) electrons. The van der Waals surface area contributed by atoms with Crippen LogP contribution in [0.5, 0.6) is 0 Å². The van der Waals surface area contributed by atoms with Gasteiger partial charge in [-0.25, -0.2) is 14.6 Å². The number of carbonyl (C=O) groups excluding carboxylic acids is 1. The van der Waals surface area contributed by atoms with Crippen LogP contribution in [0.25, 0.3) is 11.9 Å². The Morgan fingerprint density at radius 1 is 1.33 bits per heavy atom. The number of carbonyl (C=O) groups is 1. The van der Waals surface area contributed by atoms with Crippen LogP contribution in [0.3, 0.4) is 0 Å². The van der Waals surface area contributed by atoms with Crippen LogP contribution in [0.15, 0.2) is 36.9 Å². The van der Waals surface area contributed by atoms with Gasteiger partial charge in [-0.1, -0.05) is 6.07 Å². The van der Waals surface area contributed by atoms with Crippen LogP contribution in [0.2, 0.25) is 0 Å². The number of pyridine rings is 1. The maximum absolute atomic E-state index is 10.1. The van der Waals surface area contributed by atoms with Crippen molar-refractivity contribution in [2.24, 2.45) is 0 Å². The Labute approximate surface area is 86.1 Å². The third kappa shape index (κ3) is 2.14. The minimum atomic E-state index is 0.667. The highest BCUT2D eigenvalue weighted by Gasteiger charge is 1.97. The molecular weight excluding hydrogens is 192 g/mol. The van der Waals surface area contributed by atoms with Gasteiger partial charge in [-0.3, -0.25) is 4.79 Å². The molecule has 2 heterocycles. The average molecular weight is 200 g/mol. The van der Waals surface area contributed by atoms with Gasteiger partial charge >= 0.3 is 0 Å². The van der Waals surface area contributed by atoms with Gasteiger partial charge in [0.15, 0.2) is 5.82 Å². The van der Waals surface area contributed by atoms with Crippen molar-refractivity contribution < 1.29 is 4.79 Å². The first-order valence-electron chi connectivity index (χ1n) is 4.34. The molecule has 5 heteroatoms. The number of allylic oxidation sites excluding steroid dienone is 1. The molecule has 0 fully saturated rings. The van der Waals surface area contributed by atoms with Crippen molar-refractivity contribution in [3.63, 3.8) is 0 Å². The predicted molar refractivity (Wildman–Crippen MR) is 54.3 cm³/mol. The zero-order valence-corrected chi connectivity index (χ0v) is 7.82. The summed E-state index contributed by atoms with van der Waals surface area (Å²) >= 11 is 0. The molecule has 0 saturated heterocycles. The normalized spacial score (nSPS) is 10.7. The minimum absolute atomic E-state index is 0.667. The molecule has 0 aromatic carbocycles. The zero-order chi connectivity index (χ0) is 10.5. The molecule has 0 unspecified atom stereocenters. The highest BCUT2D eigenvalue weighted by Crippen LogP contribution is 2.04. The Hall–Kier alpha value is -2.30. The number of nitrogens with zero attached hydrogens (tertiary/aromatic N) is 4. The minimum Gasteiger partial charge on any atom is -0.299 e. The van der Waals surface area contributed by atoms with Crippen molar-refractivity contribution in [2.45, 2.75) is 0 Å². The summed E-state index contributed by atoms with van der Waals surface area (Å²) < 4.78 is 1.55. The van der Waals surface area contributed by atoms with Gasteiger partial charge < -0.3 is 0 Å². The second-order valence-electron chi connectivity index (χ2n) is 2.76. The van der Waals surface area contributed by atoms with E-state index < -0.39 is 0 Å². The van der Waals surface area contributed by atoms with Gasteiger partial charge in [-0.2, -0.15) is 5.10 Å². The quantitative estimate of drug-likeness (QED) is 0.545. The van der Waals surface area contributed by atoms with Gasteiger partial charge in [-0.05, 0) is 24.3 Å². The Kier molecular flexibility index (Phi) is 2.64. The van der Waals surface area contributed by atoms with Gasteiger partial charge in [0.2, 0.25) is 0 Å². The molecule has 0 aliphatic heterocycles. The highest BCUT2D eigenvalue weighted by molar-refractivity contribution is 5.73. The van der Waals surface area contributed by atoms with Crippen LogP contribution >= 0.6 is 0 Å². The van der Waals surface area contributed by atoms with E-state index in [4.69, 9.17) is 0 Å². The predicted octanol–water partition coefficient (Wildman–Crippen LogP) is 0.874. The first-order valence-corrected chi connectivity index (χ1v) is 4.34. The lowest BCUT2D eigenvalue weighted by molar-refractivity contribution is -0.104. The maximum Gasteiger partial charge on any atom is 0.155 e. The van der Waals surface area contributed by atoms with E-state index in [2.05, 4.69) is 15.1 Å². The summed E-state index contributed by atoms with van der Waals surface area (Å²) in [4.78, 5) is 18.2. The van der Waals surface area contributed by atoms with Gasteiger partial charge in [0, 0.05) is 0 Å².